The summed E-state index contributed by atoms with van der Waals surface area (Å²) in [6.45, 7) is 0. The Morgan fingerprint density at radius 1 is 0.935 bits per heavy atom. The largest absolute Gasteiger partial charge is 0.508 e. The molecule has 0 fully saturated rings. The van der Waals surface area contributed by atoms with Crippen molar-refractivity contribution in [1.29, 1.82) is 0 Å². The Kier molecular flexibility index (Phi) is 5.70. The van der Waals surface area contributed by atoms with E-state index >= 15 is 0 Å². The van der Waals surface area contributed by atoms with Gasteiger partial charge in [0.15, 0.2) is 0 Å². The summed E-state index contributed by atoms with van der Waals surface area (Å²) < 4.78 is 5.23. The van der Waals surface area contributed by atoms with Crippen molar-refractivity contribution in [3.05, 3.63) is 79.0 Å². The van der Waals surface area contributed by atoms with E-state index in [9.17, 15) is 5.11 Å². The predicted octanol–water partition coefficient (Wildman–Crippen LogP) is 3.98. The number of nitrogens with two attached hydrogens (primary N) is 1. The molecule has 0 atom stereocenters. The number of hydrogen-bond acceptors (Lipinski definition) is 6. The molecule has 0 aliphatic heterocycles. The zero-order valence-electron chi connectivity index (χ0n) is 16.7. The number of aromatic hydroxyl groups is 1. The highest BCUT2D eigenvalue weighted by molar-refractivity contribution is 5.93. The van der Waals surface area contributed by atoms with Crippen molar-refractivity contribution in [1.82, 2.24) is 15.0 Å². The summed E-state index contributed by atoms with van der Waals surface area (Å²) in [5.41, 5.74) is 9.60. The maximum Gasteiger partial charge on any atom is 0.253 e. The van der Waals surface area contributed by atoms with Crippen LogP contribution in [0.5, 0.6) is 11.5 Å². The van der Waals surface area contributed by atoms with Gasteiger partial charge in [-0.25, -0.2) is 9.97 Å². The number of aliphatic imine (C=N–C) groups is 1. The van der Waals surface area contributed by atoms with Crippen molar-refractivity contribution in [2.24, 2.45) is 10.7 Å². The topological polar surface area (TPSA) is 119 Å². The van der Waals surface area contributed by atoms with Gasteiger partial charge in [-0.05, 0) is 66.7 Å². The van der Waals surface area contributed by atoms with Crippen LogP contribution in [-0.2, 0) is 0 Å². The van der Waals surface area contributed by atoms with Gasteiger partial charge in [0.1, 0.15) is 11.5 Å². The second kappa shape index (κ2) is 8.91. The lowest BCUT2D eigenvalue weighted by atomic mass is 10.1. The average molecular weight is 412 g/mol. The third kappa shape index (κ3) is 4.94. The van der Waals surface area contributed by atoms with E-state index in [0.717, 1.165) is 11.3 Å². The van der Waals surface area contributed by atoms with Crippen molar-refractivity contribution in [3.8, 4) is 34.1 Å². The number of anilines is 1. The minimum Gasteiger partial charge on any atom is -0.508 e. The maximum absolute atomic E-state index is 9.41. The monoisotopic (exact) mass is 412 g/mol. The van der Waals surface area contributed by atoms with Crippen LogP contribution in [0.2, 0.25) is 0 Å². The lowest BCUT2D eigenvalue weighted by Crippen LogP contribution is -2.22. The SMILES string of the molecule is COc1ccc(-c2cc(-c3ccccn3)nc(N=C(N)Nc3ccc(O)cc3)n2)cc1. The zero-order chi connectivity index (χ0) is 21.6. The van der Waals surface area contributed by atoms with Gasteiger partial charge < -0.3 is 20.9 Å². The van der Waals surface area contributed by atoms with Crippen LogP contribution in [-0.4, -0.2) is 33.1 Å². The molecule has 31 heavy (non-hydrogen) atoms. The molecule has 0 radical (unpaired) electrons. The summed E-state index contributed by atoms with van der Waals surface area (Å²) >= 11 is 0. The van der Waals surface area contributed by atoms with Crippen molar-refractivity contribution < 1.29 is 9.84 Å². The molecule has 0 bridgehead atoms. The summed E-state index contributed by atoms with van der Waals surface area (Å²) in [5.74, 6) is 1.22. The van der Waals surface area contributed by atoms with E-state index in [0.29, 0.717) is 22.8 Å². The molecule has 2 aromatic carbocycles. The summed E-state index contributed by atoms with van der Waals surface area (Å²) in [5, 5.41) is 12.4. The number of nitrogens with zero attached hydrogens (tertiary/aromatic N) is 4. The molecule has 4 N–H and O–H groups in total. The molecule has 2 heterocycles. The van der Waals surface area contributed by atoms with E-state index in [1.807, 2.05) is 48.5 Å². The van der Waals surface area contributed by atoms with E-state index in [4.69, 9.17) is 10.5 Å². The minimum absolute atomic E-state index is 0.115. The molecular formula is C23H20N6O2. The van der Waals surface area contributed by atoms with E-state index in [1.165, 1.54) is 0 Å². The Bertz CT molecular complexity index is 1190. The van der Waals surface area contributed by atoms with Crippen LogP contribution >= 0.6 is 0 Å². The van der Waals surface area contributed by atoms with Crippen molar-refractivity contribution in [3.63, 3.8) is 0 Å². The van der Waals surface area contributed by atoms with Gasteiger partial charge in [0, 0.05) is 17.4 Å². The molecule has 0 saturated heterocycles. The molecule has 2 aromatic heterocycles. The van der Waals surface area contributed by atoms with Gasteiger partial charge in [0.2, 0.25) is 5.96 Å². The fraction of sp³-hybridized carbons (Fsp3) is 0.0435. The number of hydrogen-bond donors (Lipinski definition) is 3. The van der Waals surface area contributed by atoms with E-state index in [1.54, 1.807) is 37.6 Å². The highest BCUT2D eigenvalue weighted by atomic mass is 16.5. The first kappa shape index (κ1) is 19.8. The number of phenolic OH excluding ortho intramolecular Hbond substituents is 1. The molecule has 8 heteroatoms. The summed E-state index contributed by atoms with van der Waals surface area (Å²) in [6.07, 6.45) is 1.70. The highest BCUT2D eigenvalue weighted by Crippen LogP contribution is 2.26. The predicted molar refractivity (Wildman–Crippen MR) is 120 cm³/mol. The lowest BCUT2D eigenvalue weighted by molar-refractivity contribution is 0.415. The number of benzene rings is 2. The quantitative estimate of drug-likeness (QED) is 0.258. The van der Waals surface area contributed by atoms with Crippen LogP contribution in [0.1, 0.15) is 0 Å². The van der Waals surface area contributed by atoms with Gasteiger partial charge in [0.25, 0.3) is 5.95 Å². The van der Waals surface area contributed by atoms with Crippen molar-refractivity contribution >= 4 is 17.6 Å². The molecule has 154 valence electrons. The summed E-state index contributed by atoms with van der Waals surface area (Å²) in [7, 11) is 1.62. The first-order valence-corrected chi connectivity index (χ1v) is 9.46. The third-order valence-corrected chi connectivity index (χ3v) is 4.39. The number of nitrogens with one attached hydrogen (secondary N) is 1. The molecule has 0 spiro atoms. The molecule has 0 amide bonds. The fourth-order valence-electron chi connectivity index (χ4n) is 2.87. The number of aromatic nitrogens is 3. The normalized spacial score (nSPS) is 11.2. The molecule has 0 aliphatic rings. The average Bonchev–Trinajstić information content (AvgIpc) is 2.81. The van der Waals surface area contributed by atoms with Crippen molar-refractivity contribution in [2.75, 3.05) is 12.4 Å². The van der Waals surface area contributed by atoms with E-state index < -0.39 is 0 Å². The second-order valence-electron chi connectivity index (χ2n) is 6.55. The Balaban J connectivity index is 1.72. The fourth-order valence-corrected chi connectivity index (χ4v) is 2.87. The van der Waals surface area contributed by atoms with Crippen LogP contribution in [0.4, 0.5) is 11.6 Å². The van der Waals surface area contributed by atoms with Gasteiger partial charge >= 0.3 is 0 Å². The smallest absolute Gasteiger partial charge is 0.253 e. The zero-order valence-corrected chi connectivity index (χ0v) is 16.7. The second-order valence-corrected chi connectivity index (χ2v) is 6.55. The highest BCUT2D eigenvalue weighted by Gasteiger charge is 2.10. The number of ether oxygens (including phenoxy) is 1. The van der Waals surface area contributed by atoms with Gasteiger partial charge in [-0.1, -0.05) is 6.07 Å². The molecule has 8 nitrogen and oxygen atoms in total. The van der Waals surface area contributed by atoms with Gasteiger partial charge in [-0.15, -0.1) is 0 Å². The van der Waals surface area contributed by atoms with Crippen LogP contribution in [0.3, 0.4) is 0 Å². The summed E-state index contributed by atoms with van der Waals surface area (Å²) in [6, 6.07) is 21.5. The lowest BCUT2D eigenvalue weighted by Gasteiger charge is -2.08. The standard InChI is InChI=1S/C23H20N6O2/c1-31-18-11-5-15(6-12-18)20-14-21(19-4-2-3-13-25-19)28-23(27-20)29-22(24)26-16-7-9-17(30)10-8-16/h2-14,30H,1H3,(H3,24,26,27,28,29). The Labute approximate surface area is 179 Å². The van der Waals surface area contributed by atoms with E-state index in [-0.39, 0.29) is 17.7 Å². The molecular weight excluding hydrogens is 392 g/mol. The maximum atomic E-state index is 9.41. The van der Waals surface area contributed by atoms with E-state index in [2.05, 4.69) is 25.3 Å². The molecule has 0 aliphatic carbocycles. The van der Waals surface area contributed by atoms with Gasteiger partial charge in [-0.3, -0.25) is 4.98 Å². The van der Waals surface area contributed by atoms with Crippen LogP contribution in [0.25, 0.3) is 22.6 Å². The van der Waals surface area contributed by atoms with Crippen LogP contribution in [0.15, 0.2) is 84.0 Å². The van der Waals surface area contributed by atoms with Gasteiger partial charge in [-0.2, -0.15) is 4.99 Å². The molecule has 4 rings (SSSR count). The number of pyridine rings is 1. The number of rotatable bonds is 5. The third-order valence-electron chi connectivity index (χ3n) is 4.39. The van der Waals surface area contributed by atoms with Crippen LogP contribution in [0, 0.1) is 0 Å². The molecule has 0 unspecified atom stereocenters. The van der Waals surface area contributed by atoms with Gasteiger partial charge in [0.05, 0.1) is 24.2 Å². The first-order chi connectivity index (χ1) is 15.1. The Morgan fingerprint density at radius 2 is 1.68 bits per heavy atom. The molecule has 4 aromatic rings. The number of methoxy groups -OCH3 is 1. The van der Waals surface area contributed by atoms with Crippen LogP contribution < -0.4 is 15.8 Å². The Morgan fingerprint density at radius 3 is 2.35 bits per heavy atom. The summed E-state index contributed by atoms with van der Waals surface area (Å²) in [4.78, 5) is 17.8. The molecule has 0 saturated carbocycles. The Hall–Kier alpha value is -4.46. The first-order valence-electron chi connectivity index (χ1n) is 9.46. The van der Waals surface area contributed by atoms with Crippen molar-refractivity contribution in [2.45, 2.75) is 0 Å². The number of phenols is 1. The number of guanidine groups is 1. The minimum atomic E-state index is 0.115.